The molecule has 2 aromatic heterocycles. The molecule has 0 saturated heterocycles. The average molecular weight is 405 g/mol. The molecule has 6 heteroatoms. The van der Waals surface area contributed by atoms with Crippen LogP contribution in [0.3, 0.4) is 0 Å². The number of esters is 1. The Kier molecular flexibility index (Phi) is 5.03. The molecular formula is C23H19NO4S. The molecule has 0 aliphatic rings. The van der Waals surface area contributed by atoms with Crippen molar-refractivity contribution >= 4 is 28.3 Å². The van der Waals surface area contributed by atoms with E-state index in [9.17, 15) is 9.59 Å². The van der Waals surface area contributed by atoms with Gasteiger partial charge < -0.3 is 9.15 Å². The van der Waals surface area contributed by atoms with Gasteiger partial charge >= 0.3 is 11.6 Å². The van der Waals surface area contributed by atoms with Crippen LogP contribution in [0.2, 0.25) is 0 Å². The number of ether oxygens (including phenoxy) is 1. The summed E-state index contributed by atoms with van der Waals surface area (Å²) in [4.78, 5) is 29.6. The lowest BCUT2D eigenvalue weighted by atomic mass is 10.0. The summed E-state index contributed by atoms with van der Waals surface area (Å²) in [5, 5.41) is 1.54. The normalized spacial score (nSPS) is 11.0. The van der Waals surface area contributed by atoms with Crippen LogP contribution in [-0.4, -0.2) is 11.0 Å². The summed E-state index contributed by atoms with van der Waals surface area (Å²) in [6, 6.07) is 14.9. The van der Waals surface area contributed by atoms with Crippen LogP contribution in [0, 0.1) is 20.8 Å². The predicted molar refractivity (Wildman–Crippen MR) is 113 cm³/mol. The quantitative estimate of drug-likeness (QED) is 0.345. The number of thiazole rings is 1. The van der Waals surface area contributed by atoms with Gasteiger partial charge in [0, 0.05) is 22.6 Å². The summed E-state index contributed by atoms with van der Waals surface area (Å²) >= 11 is 1.30. The first-order chi connectivity index (χ1) is 13.9. The van der Waals surface area contributed by atoms with Crippen LogP contribution in [0.4, 0.5) is 0 Å². The third-order valence-electron chi connectivity index (χ3n) is 4.88. The van der Waals surface area contributed by atoms with Crippen molar-refractivity contribution in [2.24, 2.45) is 0 Å². The van der Waals surface area contributed by atoms with E-state index in [1.54, 1.807) is 6.92 Å². The fourth-order valence-corrected chi connectivity index (χ4v) is 4.11. The lowest BCUT2D eigenvalue weighted by molar-refractivity contribution is 0.0478. The Morgan fingerprint density at radius 3 is 2.62 bits per heavy atom. The molecule has 4 rings (SSSR count). The fourth-order valence-electron chi connectivity index (χ4n) is 3.14. The maximum atomic E-state index is 12.7. The molecular weight excluding hydrogens is 386 g/mol. The molecule has 0 amide bonds. The first kappa shape index (κ1) is 19.1. The van der Waals surface area contributed by atoms with Gasteiger partial charge in [0.25, 0.3) is 0 Å². The van der Waals surface area contributed by atoms with E-state index >= 15 is 0 Å². The van der Waals surface area contributed by atoms with Crippen LogP contribution in [0.25, 0.3) is 21.5 Å². The monoisotopic (exact) mass is 405 g/mol. The van der Waals surface area contributed by atoms with Gasteiger partial charge in [-0.15, -0.1) is 11.3 Å². The summed E-state index contributed by atoms with van der Waals surface area (Å²) in [6.45, 7) is 5.64. The predicted octanol–water partition coefficient (Wildman–Crippen LogP) is 5.20. The molecule has 5 nitrogen and oxygen atoms in total. The molecule has 0 saturated carbocycles. The number of carbonyl (C=O) groups is 1. The maximum Gasteiger partial charge on any atom is 0.350 e. The van der Waals surface area contributed by atoms with E-state index in [1.807, 2.05) is 56.3 Å². The first-order valence-corrected chi connectivity index (χ1v) is 9.98. The summed E-state index contributed by atoms with van der Waals surface area (Å²) in [5.41, 5.74) is 4.21. The summed E-state index contributed by atoms with van der Waals surface area (Å²) < 4.78 is 10.9. The number of aromatic nitrogens is 1. The molecule has 0 spiro atoms. The zero-order valence-electron chi connectivity index (χ0n) is 16.3. The highest BCUT2D eigenvalue weighted by molar-refractivity contribution is 7.17. The van der Waals surface area contributed by atoms with Crippen molar-refractivity contribution in [3.8, 4) is 10.6 Å². The Morgan fingerprint density at radius 1 is 1.10 bits per heavy atom. The highest BCUT2D eigenvalue weighted by Crippen LogP contribution is 2.29. The van der Waals surface area contributed by atoms with Crippen molar-refractivity contribution in [1.82, 2.24) is 4.98 Å². The van der Waals surface area contributed by atoms with Gasteiger partial charge in [-0.25, -0.2) is 14.6 Å². The Hall–Kier alpha value is -3.25. The van der Waals surface area contributed by atoms with Gasteiger partial charge in [0.05, 0.1) is 5.69 Å². The molecule has 0 aliphatic carbocycles. The molecule has 146 valence electrons. The Balaban J connectivity index is 1.60. The van der Waals surface area contributed by atoms with Crippen molar-refractivity contribution in [2.45, 2.75) is 27.4 Å². The molecule has 0 radical (unpaired) electrons. The van der Waals surface area contributed by atoms with E-state index in [-0.39, 0.29) is 6.61 Å². The SMILES string of the molecule is Cc1ccc2c(COC(=O)c3sc(-c4ccccc4)nc3C)cc(=O)oc2c1C. The maximum absolute atomic E-state index is 12.7. The minimum Gasteiger partial charge on any atom is -0.457 e. The lowest BCUT2D eigenvalue weighted by Gasteiger charge is -2.09. The number of hydrogen-bond acceptors (Lipinski definition) is 6. The summed E-state index contributed by atoms with van der Waals surface area (Å²) in [7, 11) is 0. The summed E-state index contributed by atoms with van der Waals surface area (Å²) in [5.74, 6) is -0.451. The third kappa shape index (κ3) is 3.71. The van der Waals surface area contributed by atoms with E-state index in [0.717, 1.165) is 27.1 Å². The molecule has 29 heavy (non-hydrogen) atoms. The van der Waals surface area contributed by atoms with Crippen LogP contribution in [0.1, 0.15) is 32.1 Å². The number of nitrogens with zero attached hydrogens (tertiary/aromatic N) is 1. The second-order valence-electron chi connectivity index (χ2n) is 6.85. The van der Waals surface area contributed by atoms with E-state index in [1.165, 1.54) is 17.4 Å². The minimum absolute atomic E-state index is 0.0125. The smallest absolute Gasteiger partial charge is 0.350 e. The van der Waals surface area contributed by atoms with Crippen LogP contribution in [-0.2, 0) is 11.3 Å². The van der Waals surface area contributed by atoms with Crippen LogP contribution in [0.5, 0.6) is 0 Å². The largest absolute Gasteiger partial charge is 0.457 e. The van der Waals surface area contributed by atoms with Crippen LogP contribution in [0.15, 0.2) is 57.7 Å². The van der Waals surface area contributed by atoms with Gasteiger partial charge in [-0.1, -0.05) is 42.5 Å². The number of carbonyl (C=O) groups excluding carboxylic acids is 1. The van der Waals surface area contributed by atoms with Crippen LogP contribution >= 0.6 is 11.3 Å². The number of aryl methyl sites for hydroxylation is 3. The Bertz CT molecular complexity index is 1270. The zero-order chi connectivity index (χ0) is 20.5. The van der Waals surface area contributed by atoms with Gasteiger partial charge in [0.15, 0.2) is 0 Å². The summed E-state index contributed by atoms with van der Waals surface area (Å²) in [6.07, 6.45) is 0. The second kappa shape index (κ2) is 7.64. The topological polar surface area (TPSA) is 69.4 Å². The molecule has 0 N–H and O–H groups in total. The molecule has 0 aliphatic heterocycles. The molecule has 0 bridgehead atoms. The van der Waals surface area contributed by atoms with Gasteiger partial charge in [-0.2, -0.15) is 0 Å². The number of rotatable bonds is 4. The second-order valence-corrected chi connectivity index (χ2v) is 7.85. The van der Waals surface area contributed by atoms with E-state index in [4.69, 9.17) is 9.15 Å². The van der Waals surface area contributed by atoms with Gasteiger partial charge in [-0.05, 0) is 31.9 Å². The average Bonchev–Trinajstić information content (AvgIpc) is 3.11. The zero-order valence-corrected chi connectivity index (χ0v) is 17.1. The molecule has 0 atom stereocenters. The number of benzene rings is 2. The van der Waals surface area contributed by atoms with Crippen molar-refractivity contribution in [3.63, 3.8) is 0 Å². The van der Waals surface area contributed by atoms with E-state index in [0.29, 0.717) is 21.7 Å². The molecule has 2 heterocycles. The number of hydrogen-bond donors (Lipinski definition) is 0. The minimum atomic E-state index is -0.461. The lowest BCUT2D eigenvalue weighted by Crippen LogP contribution is -2.08. The molecule has 0 fully saturated rings. The fraction of sp³-hybridized carbons (Fsp3) is 0.174. The van der Waals surface area contributed by atoms with Crippen molar-refractivity contribution in [3.05, 3.63) is 86.2 Å². The molecule has 0 unspecified atom stereocenters. The Labute approximate surface area is 171 Å². The number of fused-ring (bicyclic) bond motifs is 1. The van der Waals surface area contributed by atoms with E-state index in [2.05, 4.69) is 4.98 Å². The van der Waals surface area contributed by atoms with Gasteiger partial charge in [-0.3, -0.25) is 0 Å². The highest BCUT2D eigenvalue weighted by Gasteiger charge is 2.18. The molecule has 2 aromatic carbocycles. The third-order valence-corrected chi connectivity index (χ3v) is 6.07. The van der Waals surface area contributed by atoms with E-state index < -0.39 is 11.6 Å². The standard InChI is InChI=1S/C23H19NO4S/c1-13-9-10-18-17(11-19(25)28-20(18)14(13)2)12-27-23(26)21-15(3)24-22(29-21)16-7-5-4-6-8-16/h4-11H,12H2,1-3H3. The van der Waals surface area contributed by atoms with Crippen LogP contribution < -0.4 is 5.63 Å². The Morgan fingerprint density at radius 2 is 1.86 bits per heavy atom. The van der Waals surface area contributed by atoms with Crippen molar-refractivity contribution in [1.29, 1.82) is 0 Å². The molecule has 4 aromatic rings. The van der Waals surface area contributed by atoms with Gasteiger partial charge in [0.2, 0.25) is 0 Å². The van der Waals surface area contributed by atoms with Gasteiger partial charge in [0.1, 0.15) is 22.1 Å². The van der Waals surface area contributed by atoms with Crippen molar-refractivity contribution in [2.75, 3.05) is 0 Å². The van der Waals surface area contributed by atoms with Crippen molar-refractivity contribution < 1.29 is 13.9 Å². The first-order valence-electron chi connectivity index (χ1n) is 9.17. The highest BCUT2D eigenvalue weighted by atomic mass is 32.1.